The monoisotopic (exact) mass is 155 g/mol. The van der Waals surface area contributed by atoms with Gasteiger partial charge in [-0.05, 0) is 0 Å². The molecular formula is C5H5N3OS. The second-order valence-corrected chi connectivity index (χ2v) is 2.32. The molecule has 4 nitrogen and oxygen atoms in total. The maximum Gasteiger partial charge on any atom is 0.175 e. The van der Waals surface area contributed by atoms with E-state index in [1.54, 1.807) is 5.51 Å². The van der Waals surface area contributed by atoms with Gasteiger partial charge in [0.15, 0.2) is 12.1 Å². The van der Waals surface area contributed by atoms with Gasteiger partial charge in [-0.25, -0.2) is 9.98 Å². The number of aromatic nitrogens is 1. The minimum Gasteiger partial charge on any atom is -0.390 e. The fraction of sp³-hybridized carbons (Fsp3) is 0. The average molecular weight is 155 g/mol. The summed E-state index contributed by atoms with van der Waals surface area (Å²) in [5, 5.41) is 0. The zero-order valence-corrected chi connectivity index (χ0v) is 5.84. The molecule has 5 heteroatoms. The van der Waals surface area contributed by atoms with E-state index in [1.165, 1.54) is 11.3 Å². The molecule has 10 heavy (non-hydrogen) atoms. The van der Waals surface area contributed by atoms with Gasteiger partial charge in [0.1, 0.15) is 4.88 Å². The molecule has 0 atom stereocenters. The van der Waals surface area contributed by atoms with Crippen LogP contribution in [0.2, 0.25) is 0 Å². The lowest BCUT2D eigenvalue weighted by atomic mass is 10.5. The lowest BCUT2D eigenvalue weighted by molar-refractivity contribution is 0.112. The van der Waals surface area contributed by atoms with Gasteiger partial charge in [-0.15, -0.1) is 11.3 Å². The largest absolute Gasteiger partial charge is 0.390 e. The Bertz CT molecular complexity index is 255. The molecule has 0 radical (unpaired) electrons. The van der Waals surface area contributed by atoms with Gasteiger partial charge in [0.25, 0.3) is 0 Å². The van der Waals surface area contributed by atoms with Crippen LogP contribution >= 0.6 is 11.3 Å². The van der Waals surface area contributed by atoms with Crippen molar-refractivity contribution in [2.24, 2.45) is 10.7 Å². The highest BCUT2D eigenvalue weighted by molar-refractivity contribution is 7.11. The molecule has 0 fully saturated rings. The van der Waals surface area contributed by atoms with Crippen LogP contribution in [0.4, 0.5) is 5.82 Å². The number of thiazole rings is 1. The Labute approximate surface area is 61.4 Å². The third-order valence-electron chi connectivity index (χ3n) is 0.879. The van der Waals surface area contributed by atoms with E-state index in [9.17, 15) is 4.79 Å². The minimum atomic E-state index is 0.391. The van der Waals surface area contributed by atoms with Gasteiger partial charge >= 0.3 is 0 Å². The molecule has 0 amide bonds. The molecule has 1 aromatic heterocycles. The molecule has 0 saturated carbocycles. The molecule has 0 aliphatic heterocycles. The Morgan fingerprint density at radius 2 is 2.60 bits per heavy atom. The molecule has 52 valence electrons. The van der Waals surface area contributed by atoms with Crippen molar-refractivity contribution in [2.45, 2.75) is 0 Å². The number of nitrogens with two attached hydrogens (primary N) is 1. The summed E-state index contributed by atoms with van der Waals surface area (Å²) in [6, 6.07) is 0. The topological polar surface area (TPSA) is 68.3 Å². The highest BCUT2D eigenvalue weighted by atomic mass is 32.1. The number of aldehydes is 1. The number of hydrogen-bond donors (Lipinski definition) is 1. The average Bonchev–Trinajstić information content (AvgIpc) is 2.36. The summed E-state index contributed by atoms with van der Waals surface area (Å²) in [5.74, 6) is 0.391. The number of nitrogens with zero attached hydrogens (tertiary/aromatic N) is 2. The first kappa shape index (κ1) is 6.88. The maximum absolute atomic E-state index is 10.2. The van der Waals surface area contributed by atoms with Crippen molar-refractivity contribution in [2.75, 3.05) is 0 Å². The molecule has 2 N–H and O–H groups in total. The van der Waals surface area contributed by atoms with Gasteiger partial charge in [-0.1, -0.05) is 0 Å². The van der Waals surface area contributed by atoms with Crippen molar-refractivity contribution < 1.29 is 4.79 Å². The van der Waals surface area contributed by atoms with E-state index in [0.717, 1.165) is 6.34 Å². The van der Waals surface area contributed by atoms with Crippen LogP contribution < -0.4 is 5.73 Å². The second kappa shape index (κ2) is 3.07. The fourth-order valence-corrected chi connectivity index (χ4v) is 1.03. The van der Waals surface area contributed by atoms with Crippen molar-refractivity contribution in [3.63, 3.8) is 0 Å². The van der Waals surface area contributed by atoms with Gasteiger partial charge in [-0.2, -0.15) is 0 Å². The quantitative estimate of drug-likeness (QED) is 0.385. The molecule has 0 aliphatic carbocycles. The van der Waals surface area contributed by atoms with Crippen molar-refractivity contribution in [3.05, 3.63) is 10.4 Å². The maximum atomic E-state index is 10.2. The van der Waals surface area contributed by atoms with Crippen LogP contribution in [0.15, 0.2) is 10.5 Å². The number of rotatable bonds is 2. The van der Waals surface area contributed by atoms with E-state index in [0.29, 0.717) is 17.0 Å². The molecule has 1 rings (SSSR count). The first-order valence-corrected chi connectivity index (χ1v) is 3.39. The second-order valence-electron chi connectivity index (χ2n) is 1.44. The Kier molecular flexibility index (Phi) is 2.11. The predicted molar refractivity (Wildman–Crippen MR) is 39.8 cm³/mol. The highest BCUT2D eigenvalue weighted by Gasteiger charge is 2.00. The fourth-order valence-electron chi connectivity index (χ4n) is 0.497. The molecule has 0 aromatic carbocycles. The van der Waals surface area contributed by atoms with Crippen LogP contribution in [0.3, 0.4) is 0 Å². The van der Waals surface area contributed by atoms with Crippen LogP contribution in [0, 0.1) is 0 Å². The zero-order valence-electron chi connectivity index (χ0n) is 5.02. The van der Waals surface area contributed by atoms with Gasteiger partial charge in [0, 0.05) is 0 Å². The summed E-state index contributed by atoms with van der Waals surface area (Å²) < 4.78 is 0. The van der Waals surface area contributed by atoms with E-state index >= 15 is 0 Å². The van der Waals surface area contributed by atoms with Crippen molar-refractivity contribution >= 4 is 29.8 Å². The Morgan fingerprint density at radius 1 is 1.80 bits per heavy atom. The first-order chi connectivity index (χ1) is 4.88. The number of hydrogen-bond acceptors (Lipinski definition) is 4. The van der Waals surface area contributed by atoms with E-state index in [2.05, 4.69) is 9.98 Å². The normalized spacial score (nSPS) is 10.4. The van der Waals surface area contributed by atoms with E-state index < -0.39 is 0 Å². The predicted octanol–water partition coefficient (Wildman–Crippen LogP) is 0.574. The molecule has 0 saturated heterocycles. The molecule has 0 spiro atoms. The van der Waals surface area contributed by atoms with Crippen LogP contribution in [0.25, 0.3) is 0 Å². The standard InChI is InChI=1S/C5H5N3OS/c6-2-7-5-4(1-9)10-3-8-5/h1-3H,(H2,6,7). The van der Waals surface area contributed by atoms with Gasteiger partial charge < -0.3 is 5.73 Å². The van der Waals surface area contributed by atoms with Crippen LogP contribution in [-0.2, 0) is 0 Å². The van der Waals surface area contributed by atoms with Crippen LogP contribution in [-0.4, -0.2) is 17.6 Å². The van der Waals surface area contributed by atoms with Gasteiger partial charge in [0.05, 0.1) is 11.8 Å². The van der Waals surface area contributed by atoms with E-state index in [1.807, 2.05) is 0 Å². The lowest BCUT2D eigenvalue weighted by Gasteiger charge is -1.81. The summed E-state index contributed by atoms with van der Waals surface area (Å²) >= 11 is 1.24. The SMILES string of the molecule is N/C=N/c1ncsc1C=O. The molecule has 0 bridgehead atoms. The van der Waals surface area contributed by atoms with Crippen molar-refractivity contribution in [1.82, 2.24) is 4.98 Å². The van der Waals surface area contributed by atoms with E-state index in [4.69, 9.17) is 5.73 Å². The smallest absolute Gasteiger partial charge is 0.175 e. The Morgan fingerprint density at radius 3 is 3.20 bits per heavy atom. The Hall–Kier alpha value is -1.23. The van der Waals surface area contributed by atoms with Gasteiger partial charge in [0.2, 0.25) is 0 Å². The molecule has 1 aromatic rings. The first-order valence-electron chi connectivity index (χ1n) is 2.51. The number of carbonyl (C=O) groups excluding carboxylic acids is 1. The highest BCUT2D eigenvalue weighted by Crippen LogP contribution is 2.17. The minimum absolute atomic E-state index is 0.391. The Balaban J connectivity index is 3.00. The molecule has 1 heterocycles. The summed E-state index contributed by atoms with van der Waals surface area (Å²) in [6.45, 7) is 0. The summed E-state index contributed by atoms with van der Waals surface area (Å²) in [4.78, 5) is 18.2. The summed E-state index contributed by atoms with van der Waals surface area (Å²) in [5.41, 5.74) is 6.55. The third-order valence-corrected chi connectivity index (χ3v) is 1.62. The molecular weight excluding hydrogens is 150 g/mol. The number of carbonyl (C=O) groups is 1. The van der Waals surface area contributed by atoms with Gasteiger partial charge in [-0.3, -0.25) is 4.79 Å². The molecule has 0 aliphatic rings. The van der Waals surface area contributed by atoms with E-state index in [-0.39, 0.29) is 0 Å². The summed E-state index contributed by atoms with van der Waals surface area (Å²) in [7, 11) is 0. The van der Waals surface area contributed by atoms with Crippen molar-refractivity contribution in [1.29, 1.82) is 0 Å². The number of aliphatic imine (C=N–C) groups is 1. The van der Waals surface area contributed by atoms with Crippen molar-refractivity contribution in [3.8, 4) is 0 Å². The lowest BCUT2D eigenvalue weighted by Crippen LogP contribution is -1.87. The van der Waals surface area contributed by atoms with Crippen LogP contribution in [0.1, 0.15) is 9.67 Å². The molecule has 0 unspecified atom stereocenters. The zero-order chi connectivity index (χ0) is 7.40. The summed E-state index contributed by atoms with van der Waals surface area (Å²) in [6.07, 6.45) is 1.82. The third kappa shape index (κ3) is 1.19. The van der Waals surface area contributed by atoms with Crippen LogP contribution in [0.5, 0.6) is 0 Å².